The van der Waals surface area contributed by atoms with Crippen molar-refractivity contribution in [3.05, 3.63) is 24.5 Å². The molecule has 0 bridgehead atoms. The number of allylic oxidation sites excluding steroid dienone is 1. The number of piperidine rings is 1. The molecule has 1 atom stereocenters. The molecule has 2 aliphatic rings. The number of alkyl halides is 3. The molecule has 2 fully saturated rings. The summed E-state index contributed by atoms with van der Waals surface area (Å²) in [7, 11) is 1.82. The lowest BCUT2D eigenvalue weighted by Crippen LogP contribution is -2.45. The summed E-state index contributed by atoms with van der Waals surface area (Å²) in [6, 6.07) is 1.75. The molecule has 0 amide bonds. The largest absolute Gasteiger partial charge is 0.451 e. The lowest BCUT2D eigenvalue weighted by Gasteiger charge is -2.46. The third-order valence-corrected chi connectivity index (χ3v) is 6.85. The average Bonchev–Trinajstić information content (AvgIpc) is 2.73. The summed E-state index contributed by atoms with van der Waals surface area (Å²) >= 11 is 0. The normalized spacial score (nSPS) is 20.2. The molecule has 4 nitrogen and oxygen atoms in total. The van der Waals surface area contributed by atoms with Crippen molar-refractivity contribution in [1.82, 2.24) is 9.97 Å². The third kappa shape index (κ3) is 5.46. The standard InChI is InChI=1S/C23H35F3N4.H2/c1-4-10-18(5-2)16-29(3)19-15-20(28-21(27-19)23(24,25)26)30-14-9-13-22(17-30)11-7-6-8-12-22;/h4,15,18H,1,5-14,16-17H2,2-3H3;1H. The highest BCUT2D eigenvalue weighted by molar-refractivity contribution is 5.51. The van der Waals surface area contributed by atoms with E-state index in [2.05, 4.69) is 28.4 Å². The number of halogens is 3. The lowest BCUT2D eigenvalue weighted by molar-refractivity contribution is -0.144. The van der Waals surface area contributed by atoms with Crippen molar-refractivity contribution >= 4 is 11.6 Å². The van der Waals surface area contributed by atoms with E-state index in [1.807, 2.05) is 18.0 Å². The molecule has 0 aromatic carbocycles. The van der Waals surface area contributed by atoms with E-state index in [1.54, 1.807) is 6.07 Å². The predicted molar refractivity (Wildman–Crippen MR) is 118 cm³/mol. The summed E-state index contributed by atoms with van der Waals surface area (Å²) < 4.78 is 40.8. The van der Waals surface area contributed by atoms with Crippen LogP contribution < -0.4 is 9.80 Å². The maximum Gasteiger partial charge on any atom is 0.451 e. The first kappa shape index (κ1) is 22.9. The summed E-state index contributed by atoms with van der Waals surface area (Å²) in [6.07, 6.45) is 7.32. The van der Waals surface area contributed by atoms with Gasteiger partial charge in [0, 0.05) is 34.2 Å². The fraction of sp³-hybridized carbons (Fsp3) is 0.739. The Morgan fingerprint density at radius 1 is 1.23 bits per heavy atom. The number of anilines is 2. The Morgan fingerprint density at radius 3 is 2.57 bits per heavy atom. The molecule has 1 aliphatic heterocycles. The molecule has 1 unspecified atom stereocenters. The summed E-state index contributed by atoms with van der Waals surface area (Å²) in [5, 5.41) is 0. The molecule has 170 valence electrons. The molecule has 1 aromatic rings. The molecule has 0 radical (unpaired) electrons. The minimum Gasteiger partial charge on any atom is -0.359 e. The van der Waals surface area contributed by atoms with Gasteiger partial charge in [-0.05, 0) is 43.4 Å². The zero-order valence-corrected chi connectivity index (χ0v) is 18.3. The van der Waals surface area contributed by atoms with Gasteiger partial charge in [-0.2, -0.15) is 13.2 Å². The van der Waals surface area contributed by atoms with Crippen molar-refractivity contribution in [2.75, 3.05) is 36.5 Å². The number of hydrogen-bond donors (Lipinski definition) is 0. The van der Waals surface area contributed by atoms with Gasteiger partial charge in [-0.1, -0.05) is 38.7 Å². The Labute approximate surface area is 180 Å². The second-order valence-electron chi connectivity index (χ2n) is 9.17. The first-order valence-electron chi connectivity index (χ1n) is 11.3. The zero-order valence-electron chi connectivity index (χ0n) is 18.3. The number of hydrogen-bond acceptors (Lipinski definition) is 4. The second-order valence-corrected chi connectivity index (χ2v) is 9.17. The Hall–Kier alpha value is -1.79. The van der Waals surface area contributed by atoms with Gasteiger partial charge >= 0.3 is 6.18 Å². The van der Waals surface area contributed by atoms with E-state index in [-0.39, 0.29) is 6.84 Å². The van der Waals surface area contributed by atoms with Crippen molar-refractivity contribution in [2.45, 2.75) is 70.9 Å². The SMILES string of the molecule is C=CCC(CC)CN(C)c1cc(N2CCCC3(CCCCC3)C2)nc(C(F)(F)F)n1.[HH]. The minimum absolute atomic E-state index is 0. The summed E-state index contributed by atoms with van der Waals surface area (Å²) in [6.45, 7) is 8.08. The highest BCUT2D eigenvalue weighted by atomic mass is 19.4. The molecule has 7 heteroatoms. The van der Waals surface area contributed by atoms with Crippen molar-refractivity contribution in [3.8, 4) is 0 Å². The van der Waals surface area contributed by atoms with Crippen LogP contribution in [0, 0.1) is 11.3 Å². The molecular formula is C23H37F3N4. The highest BCUT2D eigenvalue weighted by Gasteiger charge is 2.39. The molecule has 1 spiro atoms. The van der Waals surface area contributed by atoms with Crippen molar-refractivity contribution < 1.29 is 14.6 Å². The van der Waals surface area contributed by atoms with Crippen molar-refractivity contribution in [1.29, 1.82) is 0 Å². The Morgan fingerprint density at radius 2 is 1.93 bits per heavy atom. The quantitative estimate of drug-likeness (QED) is 0.477. The van der Waals surface area contributed by atoms with Gasteiger partial charge in [-0.15, -0.1) is 6.58 Å². The Balaban J connectivity index is 0.00000341. The van der Waals surface area contributed by atoms with Gasteiger partial charge in [0.1, 0.15) is 11.6 Å². The van der Waals surface area contributed by atoms with E-state index in [0.717, 1.165) is 32.4 Å². The van der Waals surface area contributed by atoms with Crippen LogP contribution in [0.25, 0.3) is 0 Å². The maximum absolute atomic E-state index is 13.6. The van der Waals surface area contributed by atoms with Gasteiger partial charge in [-0.3, -0.25) is 0 Å². The molecular weight excluding hydrogens is 389 g/mol. The molecule has 0 N–H and O–H groups in total. The van der Waals surface area contributed by atoms with Crippen LogP contribution in [-0.2, 0) is 6.18 Å². The Bertz CT molecular complexity index is 714. The summed E-state index contributed by atoms with van der Waals surface area (Å²) in [5.74, 6) is 0.0568. The summed E-state index contributed by atoms with van der Waals surface area (Å²) in [4.78, 5) is 11.8. The molecule has 3 rings (SSSR count). The monoisotopic (exact) mass is 426 g/mol. The van der Waals surface area contributed by atoms with Crippen LogP contribution in [-0.4, -0.2) is 36.6 Å². The summed E-state index contributed by atoms with van der Waals surface area (Å²) in [5.41, 5.74) is 0.239. The van der Waals surface area contributed by atoms with Crippen LogP contribution in [0.15, 0.2) is 18.7 Å². The van der Waals surface area contributed by atoms with Gasteiger partial charge in [0.05, 0.1) is 0 Å². The van der Waals surface area contributed by atoms with E-state index in [0.29, 0.717) is 24.1 Å². The topological polar surface area (TPSA) is 32.3 Å². The molecule has 1 saturated carbocycles. The van der Waals surface area contributed by atoms with Gasteiger partial charge in [0.2, 0.25) is 5.82 Å². The van der Waals surface area contributed by atoms with Crippen LogP contribution in [0.3, 0.4) is 0 Å². The zero-order chi connectivity index (χ0) is 21.8. The van der Waals surface area contributed by atoms with Gasteiger partial charge in [0.25, 0.3) is 0 Å². The lowest BCUT2D eigenvalue weighted by atomic mass is 9.69. The van der Waals surface area contributed by atoms with Crippen molar-refractivity contribution in [3.63, 3.8) is 0 Å². The molecule has 1 saturated heterocycles. The predicted octanol–water partition coefficient (Wildman–Crippen LogP) is 6.33. The molecule has 30 heavy (non-hydrogen) atoms. The van der Waals surface area contributed by atoms with Gasteiger partial charge in [0.15, 0.2) is 0 Å². The van der Waals surface area contributed by atoms with Crippen molar-refractivity contribution in [2.24, 2.45) is 11.3 Å². The van der Waals surface area contributed by atoms with Gasteiger partial charge in [-0.25, -0.2) is 9.97 Å². The van der Waals surface area contributed by atoms with Crippen LogP contribution in [0.2, 0.25) is 0 Å². The third-order valence-electron chi connectivity index (χ3n) is 6.85. The Kier molecular flexibility index (Phi) is 7.30. The molecule has 1 aliphatic carbocycles. The van der Waals surface area contributed by atoms with E-state index < -0.39 is 12.0 Å². The molecule has 2 heterocycles. The first-order valence-corrected chi connectivity index (χ1v) is 11.3. The fourth-order valence-corrected chi connectivity index (χ4v) is 5.11. The van der Waals surface area contributed by atoms with Crippen LogP contribution in [0.1, 0.15) is 72.0 Å². The number of nitrogens with zero attached hydrogens (tertiary/aromatic N) is 4. The van der Waals surface area contributed by atoms with E-state index in [9.17, 15) is 13.2 Å². The molecule has 1 aromatic heterocycles. The minimum atomic E-state index is -4.56. The average molecular weight is 427 g/mol. The van der Waals surface area contributed by atoms with E-state index in [4.69, 9.17) is 0 Å². The van der Waals surface area contributed by atoms with E-state index in [1.165, 1.54) is 38.5 Å². The number of aromatic nitrogens is 2. The van der Waals surface area contributed by atoms with E-state index >= 15 is 0 Å². The van der Waals surface area contributed by atoms with Crippen LogP contribution in [0.5, 0.6) is 0 Å². The highest BCUT2D eigenvalue weighted by Crippen LogP contribution is 2.44. The fourth-order valence-electron chi connectivity index (χ4n) is 5.11. The first-order chi connectivity index (χ1) is 14.3. The maximum atomic E-state index is 13.6. The second kappa shape index (κ2) is 9.56. The number of rotatable bonds is 7. The van der Waals surface area contributed by atoms with Crippen LogP contribution >= 0.6 is 0 Å². The smallest absolute Gasteiger partial charge is 0.359 e. The van der Waals surface area contributed by atoms with Gasteiger partial charge < -0.3 is 9.80 Å². The van der Waals surface area contributed by atoms with Crippen LogP contribution in [0.4, 0.5) is 24.8 Å².